The number of phenols is 2. The smallest absolute Gasteiger partial charge is 0.165 e. The van der Waals surface area contributed by atoms with Crippen LogP contribution >= 0.6 is 0 Å². The Bertz CT molecular complexity index is 1000. The molecular formula is C25H30O5. The summed E-state index contributed by atoms with van der Waals surface area (Å²) in [5.74, 6) is 1.44. The van der Waals surface area contributed by atoms with Crippen LogP contribution < -0.4 is 9.47 Å². The lowest BCUT2D eigenvalue weighted by Crippen LogP contribution is -2.46. The van der Waals surface area contributed by atoms with Crippen LogP contribution in [-0.4, -0.2) is 27.0 Å². The summed E-state index contributed by atoms with van der Waals surface area (Å²) in [4.78, 5) is 0. The van der Waals surface area contributed by atoms with Crippen molar-refractivity contribution in [2.45, 2.75) is 71.2 Å². The van der Waals surface area contributed by atoms with Crippen LogP contribution in [0, 0.1) is 0 Å². The molecule has 0 saturated carbocycles. The molecule has 2 atom stereocenters. The van der Waals surface area contributed by atoms with E-state index in [2.05, 4.69) is 6.08 Å². The average Bonchev–Trinajstić information content (AvgIpc) is 2.68. The van der Waals surface area contributed by atoms with E-state index in [0.717, 1.165) is 40.7 Å². The third-order valence-corrected chi connectivity index (χ3v) is 6.11. The molecule has 4 rings (SSSR count). The third-order valence-electron chi connectivity index (χ3n) is 6.11. The fourth-order valence-electron chi connectivity index (χ4n) is 4.20. The molecule has 2 aliphatic heterocycles. The molecule has 0 spiro atoms. The highest BCUT2D eigenvalue weighted by atomic mass is 16.5. The van der Waals surface area contributed by atoms with Gasteiger partial charge in [0.15, 0.2) is 11.5 Å². The van der Waals surface area contributed by atoms with Gasteiger partial charge in [-0.15, -0.1) is 0 Å². The topological polar surface area (TPSA) is 79.2 Å². The number of aliphatic hydroxyl groups is 1. The number of allylic oxidation sites excluding steroid dienone is 2. The van der Waals surface area contributed by atoms with E-state index in [1.54, 1.807) is 12.1 Å². The first-order chi connectivity index (χ1) is 14.2. The van der Waals surface area contributed by atoms with Crippen molar-refractivity contribution in [3.05, 3.63) is 58.2 Å². The van der Waals surface area contributed by atoms with Crippen molar-refractivity contribution >= 4 is 0 Å². The number of phenolic OH excluding ortho intramolecular Hbond substituents is 2. The van der Waals surface area contributed by atoms with Crippen LogP contribution in [0.25, 0.3) is 0 Å². The zero-order valence-electron chi connectivity index (χ0n) is 18.0. The Labute approximate surface area is 177 Å². The number of hydrogen-bond acceptors (Lipinski definition) is 5. The molecule has 160 valence electrons. The molecular weight excluding hydrogens is 380 g/mol. The zero-order chi connectivity index (χ0) is 21.6. The molecule has 2 heterocycles. The highest BCUT2D eigenvalue weighted by Gasteiger charge is 2.39. The second-order valence-corrected chi connectivity index (χ2v) is 9.13. The van der Waals surface area contributed by atoms with Crippen molar-refractivity contribution in [3.8, 4) is 23.0 Å². The standard InChI is InChI=1S/C25H30O5/c1-14(2)5-9-18-19(20-10-7-15-6-8-17(26)13-21(15)29-20)11-16-12-22(27)25(3,4)30-24(16)23(18)28/h5-6,8,11,13,20,22,26-28H,7,9-10,12H2,1-4H3/t20-,22-/m0/s1. The van der Waals surface area contributed by atoms with Gasteiger partial charge >= 0.3 is 0 Å². The van der Waals surface area contributed by atoms with Gasteiger partial charge in [-0.1, -0.05) is 17.7 Å². The van der Waals surface area contributed by atoms with E-state index in [0.29, 0.717) is 24.3 Å². The van der Waals surface area contributed by atoms with E-state index in [-0.39, 0.29) is 17.6 Å². The third kappa shape index (κ3) is 3.74. The molecule has 3 N–H and O–H groups in total. The van der Waals surface area contributed by atoms with Gasteiger partial charge in [0.05, 0.1) is 6.10 Å². The zero-order valence-corrected chi connectivity index (χ0v) is 18.0. The van der Waals surface area contributed by atoms with E-state index in [1.165, 1.54) is 0 Å². The normalized spacial score (nSPS) is 21.6. The summed E-state index contributed by atoms with van der Waals surface area (Å²) < 4.78 is 12.3. The first-order valence-corrected chi connectivity index (χ1v) is 10.5. The largest absolute Gasteiger partial charge is 0.508 e. The van der Waals surface area contributed by atoms with E-state index >= 15 is 0 Å². The second-order valence-electron chi connectivity index (χ2n) is 9.13. The van der Waals surface area contributed by atoms with E-state index < -0.39 is 11.7 Å². The van der Waals surface area contributed by atoms with Crippen LogP contribution in [0.4, 0.5) is 0 Å². The fraction of sp³-hybridized carbons (Fsp3) is 0.440. The molecule has 5 heteroatoms. The summed E-state index contributed by atoms with van der Waals surface area (Å²) in [6, 6.07) is 7.22. The maximum atomic E-state index is 11.2. The fourth-order valence-corrected chi connectivity index (χ4v) is 4.20. The Hall–Kier alpha value is -2.66. The van der Waals surface area contributed by atoms with Gasteiger partial charge in [0, 0.05) is 29.2 Å². The molecule has 0 aromatic heterocycles. The summed E-state index contributed by atoms with van der Waals surface area (Å²) in [7, 11) is 0. The highest BCUT2D eigenvalue weighted by molar-refractivity contribution is 5.58. The van der Waals surface area contributed by atoms with Gasteiger partial charge in [-0.2, -0.15) is 0 Å². The molecule has 0 radical (unpaired) electrons. The Balaban J connectivity index is 1.80. The van der Waals surface area contributed by atoms with Gasteiger partial charge in [0.25, 0.3) is 0 Å². The summed E-state index contributed by atoms with van der Waals surface area (Å²) in [6.45, 7) is 7.72. The van der Waals surface area contributed by atoms with Gasteiger partial charge in [-0.3, -0.25) is 0 Å². The van der Waals surface area contributed by atoms with E-state index in [4.69, 9.17) is 9.47 Å². The number of aliphatic hydroxyl groups excluding tert-OH is 1. The van der Waals surface area contributed by atoms with Crippen molar-refractivity contribution in [2.24, 2.45) is 0 Å². The Morgan fingerprint density at radius 2 is 1.93 bits per heavy atom. The minimum atomic E-state index is -0.766. The van der Waals surface area contributed by atoms with Gasteiger partial charge in [0.1, 0.15) is 23.2 Å². The van der Waals surface area contributed by atoms with Crippen molar-refractivity contribution < 1.29 is 24.8 Å². The SMILES string of the molecule is CC(C)=CCc1c([C@@H]2CCc3ccc(O)cc3O2)cc2c(c1O)OC(C)(C)[C@@H](O)C2. The first-order valence-electron chi connectivity index (χ1n) is 10.5. The van der Waals surface area contributed by atoms with Crippen LogP contribution in [0.15, 0.2) is 35.9 Å². The number of ether oxygens (including phenoxy) is 2. The minimum Gasteiger partial charge on any atom is -0.508 e. The van der Waals surface area contributed by atoms with Gasteiger partial charge in [-0.25, -0.2) is 0 Å². The second kappa shape index (κ2) is 7.55. The lowest BCUT2D eigenvalue weighted by molar-refractivity contribution is -0.0427. The molecule has 30 heavy (non-hydrogen) atoms. The monoisotopic (exact) mass is 410 g/mol. The summed E-state index contributed by atoms with van der Waals surface area (Å²) in [6.07, 6.45) is 3.75. The maximum Gasteiger partial charge on any atom is 0.165 e. The Morgan fingerprint density at radius 3 is 2.67 bits per heavy atom. The Kier molecular flexibility index (Phi) is 5.18. The summed E-state index contributed by atoms with van der Waals surface area (Å²) in [5, 5.41) is 31.5. The molecule has 0 fully saturated rings. The molecule has 5 nitrogen and oxygen atoms in total. The van der Waals surface area contributed by atoms with Crippen LogP contribution in [-0.2, 0) is 19.3 Å². The van der Waals surface area contributed by atoms with E-state index in [1.807, 2.05) is 39.8 Å². The molecule has 0 bridgehead atoms. The van der Waals surface area contributed by atoms with Crippen LogP contribution in [0.5, 0.6) is 23.0 Å². The molecule has 2 aromatic carbocycles. The summed E-state index contributed by atoms with van der Waals surface area (Å²) in [5.41, 5.74) is 3.95. The number of aromatic hydroxyl groups is 2. The molecule has 2 aromatic rings. The summed E-state index contributed by atoms with van der Waals surface area (Å²) >= 11 is 0. The van der Waals surface area contributed by atoms with Gasteiger partial charge < -0.3 is 24.8 Å². The molecule has 2 aliphatic rings. The number of hydrogen-bond donors (Lipinski definition) is 3. The quantitative estimate of drug-likeness (QED) is 0.637. The van der Waals surface area contributed by atoms with Crippen molar-refractivity contribution in [2.75, 3.05) is 0 Å². The minimum absolute atomic E-state index is 0.130. The number of benzene rings is 2. The van der Waals surface area contributed by atoms with Crippen molar-refractivity contribution in [3.63, 3.8) is 0 Å². The van der Waals surface area contributed by atoms with Crippen LogP contribution in [0.1, 0.15) is 62.5 Å². The lowest BCUT2D eigenvalue weighted by atomic mass is 9.85. The maximum absolute atomic E-state index is 11.2. The molecule has 0 amide bonds. The van der Waals surface area contributed by atoms with Gasteiger partial charge in [-0.05, 0) is 64.7 Å². The van der Waals surface area contributed by atoms with Crippen molar-refractivity contribution in [1.29, 1.82) is 0 Å². The number of aryl methyl sites for hydroxylation is 1. The predicted octanol–water partition coefficient (Wildman–Crippen LogP) is 4.75. The van der Waals surface area contributed by atoms with Crippen molar-refractivity contribution in [1.82, 2.24) is 0 Å². The number of rotatable bonds is 3. The number of fused-ring (bicyclic) bond motifs is 2. The van der Waals surface area contributed by atoms with Crippen LogP contribution in [0.2, 0.25) is 0 Å². The predicted molar refractivity (Wildman–Crippen MR) is 115 cm³/mol. The molecule has 0 aliphatic carbocycles. The Morgan fingerprint density at radius 1 is 1.17 bits per heavy atom. The van der Waals surface area contributed by atoms with Crippen LogP contribution in [0.3, 0.4) is 0 Å². The lowest BCUT2D eigenvalue weighted by Gasteiger charge is -2.38. The molecule has 0 unspecified atom stereocenters. The molecule has 0 saturated heterocycles. The average molecular weight is 411 g/mol. The van der Waals surface area contributed by atoms with Gasteiger partial charge in [0.2, 0.25) is 0 Å². The first kappa shape index (κ1) is 20.6. The highest BCUT2D eigenvalue weighted by Crippen LogP contribution is 2.47. The van der Waals surface area contributed by atoms with E-state index in [9.17, 15) is 15.3 Å².